The number of rotatable bonds is 5. The van der Waals surface area contributed by atoms with Crippen LogP contribution in [0.25, 0.3) is 56.2 Å². The molecule has 6 rings (SSSR count). The number of aromatic nitrogens is 4. The highest BCUT2D eigenvalue weighted by Crippen LogP contribution is 2.30. The maximum Gasteiger partial charge on any atom is 0.0895 e. The first kappa shape index (κ1) is 23.4. The summed E-state index contributed by atoms with van der Waals surface area (Å²) in [6, 6.07) is 37.6. The van der Waals surface area contributed by atoms with E-state index in [4.69, 9.17) is 0 Å². The van der Waals surface area contributed by atoms with E-state index in [-0.39, 0.29) is 0 Å². The normalized spacial score (nSPS) is 10.9. The van der Waals surface area contributed by atoms with Crippen molar-refractivity contribution in [1.29, 1.82) is 0 Å². The molecular weight excluding hydrogens is 464 g/mol. The van der Waals surface area contributed by atoms with Crippen LogP contribution in [0.1, 0.15) is 11.4 Å². The minimum atomic E-state index is 0.880. The molecule has 38 heavy (non-hydrogen) atoms. The lowest BCUT2D eigenvalue weighted by molar-refractivity contribution is 1.18. The molecule has 4 heteroatoms. The fraction of sp³-hybridized carbons (Fsp3) is 0.0588. The first-order valence-corrected chi connectivity index (χ1v) is 12.6. The third-order valence-corrected chi connectivity index (χ3v) is 6.53. The summed E-state index contributed by atoms with van der Waals surface area (Å²) >= 11 is 0. The van der Waals surface area contributed by atoms with Crippen molar-refractivity contribution in [3.8, 4) is 56.2 Å². The van der Waals surface area contributed by atoms with Crippen molar-refractivity contribution >= 4 is 0 Å². The van der Waals surface area contributed by atoms with E-state index in [1.165, 1.54) is 11.1 Å². The van der Waals surface area contributed by atoms with E-state index in [0.29, 0.717) is 0 Å². The van der Waals surface area contributed by atoms with E-state index in [1.807, 2.05) is 50.2 Å². The van der Waals surface area contributed by atoms with E-state index in [1.54, 1.807) is 12.4 Å². The molecule has 0 aliphatic heterocycles. The molecule has 0 radical (unpaired) electrons. The summed E-state index contributed by atoms with van der Waals surface area (Å²) in [5, 5.41) is 0. The zero-order valence-electron chi connectivity index (χ0n) is 21.3. The average molecular weight is 491 g/mol. The monoisotopic (exact) mass is 490 g/mol. The van der Waals surface area contributed by atoms with Crippen molar-refractivity contribution in [2.45, 2.75) is 13.8 Å². The van der Waals surface area contributed by atoms with Crippen LogP contribution in [0.4, 0.5) is 0 Å². The molecule has 4 nitrogen and oxygen atoms in total. The molecule has 0 unspecified atom stereocenters. The van der Waals surface area contributed by atoms with Gasteiger partial charge in [-0.25, -0.2) is 0 Å². The molecule has 6 aromatic rings. The molecule has 0 aliphatic rings. The van der Waals surface area contributed by atoms with Crippen LogP contribution in [0.2, 0.25) is 0 Å². The van der Waals surface area contributed by atoms with Gasteiger partial charge in [0.25, 0.3) is 0 Å². The van der Waals surface area contributed by atoms with Gasteiger partial charge >= 0.3 is 0 Å². The van der Waals surface area contributed by atoms with Gasteiger partial charge in [0.1, 0.15) is 0 Å². The Balaban J connectivity index is 1.26. The molecule has 2 aromatic carbocycles. The van der Waals surface area contributed by atoms with Gasteiger partial charge in [-0.05, 0) is 95.8 Å². The quantitative estimate of drug-likeness (QED) is 0.244. The van der Waals surface area contributed by atoms with Crippen molar-refractivity contribution in [1.82, 2.24) is 19.9 Å². The Hall–Kier alpha value is -4.96. The van der Waals surface area contributed by atoms with Gasteiger partial charge in [0.15, 0.2) is 0 Å². The maximum atomic E-state index is 4.69. The molecule has 0 N–H and O–H groups in total. The molecule has 182 valence electrons. The van der Waals surface area contributed by atoms with Crippen molar-refractivity contribution in [2.75, 3.05) is 0 Å². The Morgan fingerprint density at radius 2 is 0.737 bits per heavy atom. The van der Waals surface area contributed by atoms with E-state index in [2.05, 4.69) is 92.7 Å². The maximum absolute atomic E-state index is 4.69. The van der Waals surface area contributed by atoms with Crippen molar-refractivity contribution in [3.63, 3.8) is 0 Å². The van der Waals surface area contributed by atoms with Gasteiger partial charge in [-0.3, -0.25) is 19.9 Å². The lowest BCUT2D eigenvalue weighted by Gasteiger charge is -2.10. The number of hydrogen-bond donors (Lipinski definition) is 0. The van der Waals surface area contributed by atoms with Gasteiger partial charge in [0, 0.05) is 23.8 Å². The molecule has 4 aromatic heterocycles. The lowest BCUT2D eigenvalue weighted by Crippen LogP contribution is -1.92. The predicted molar refractivity (Wildman–Crippen MR) is 154 cm³/mol. The van der Waals surface area contributed by atoms with Crippen LogP contribution < -0.4 is 0 Å². The number of hydrogen-bond acceptors (Lipinski definition) is 4. The minimum Gasteiger partial charge on any atom is -0.255 e. The summed E-state index contributed by atoms with van der Waals surface area (Å²) in [7, 11) is 0. The highest BCUT2D eigenvalue weighted by Gasteiger charge is 2.09. The lowest BCUT2D eigenvalue weighted by atomic mass is 9.97. The number of nitrogens with zero attached hydrogens (tertiary/aromatic N) is 4. The van der Waals surface area contributed by atoms with Crippen LogP contribution in [-0.2, 0) is 0 Å². The second kappa shape index (κ2) is 10.2. The molecular formula is C34H26N4. The standard InChI is InChI=1S/C34H26N4/c1-23-19-29(21-33(37-23)31-7-3-5-17-35-31)27-13-9-25(10-14-27)26-11-15-28(16-12-26)30-20-24(2)38-34(22-30)32-8-4-6-18-36-32/h3-22H,1-2H3. The van der Waals surface area contributed by atoms with Gasteiger partial charge in [-0.15, -0.1) is 0 Å². The van der Waals surface area contributed by atoms with E-state index in [9.17, 15) is 0 Å². The molecule has 0 saturated heterocycles. The summed E-state index contributed by atoms with van der Waals surface area (Å²) < 4.78 is 0. The predicted octanol–water partition coefficient (Wildman–Crippen LogP) is 8.22. The van der Waals surface area contributed by atoms with Crippen LogP contribution in [0.15, 0.2) is 122 Å². The fourth-order valence-electron chi connectivity index (χ4n) is 4.67. The van der Waals surface area contributed by atoms with Gasteiger partial charge in [-0.1, -0.05) is 60.7 Å². The zero-order chi connectivity index (χ0) is 25.9. The largest absolute Gasteiger partial charge is 0.255 e. The molecule has 0 spiro atoms. The molecule has 0 atom stereocenters. The SMILES string of the molecule is Cc1cc(-c2ccc(-c3ccc(-c4cc(C)nc(-c5ccccn5)c4)cc3)cc2)cc(-c2ccccn2)n1. The summed E-state index contributed by atoms with van der Waals surface area (Å²) in [5.41, 5.74) is 12.4. The molecule has 0 saturated carbocycles. The summed E-state index contributed by atoms with van der Waals surface area (Å²) in [6.45, 7) is 4.05. The average Bonchev–Trinajstić information content (AvgIpc) is 2.98. The van der Waals surface area contributed by atoms with Crippen LogP contribution in [-0.4, -0.2) is 19.9 Å². The van der Waals surface area contributed by atoms with E-state index >= 15 is 0 Å². The first-order chi connectivity index (χ1) is 18.6. The molecule has 4 heterocycles. The molecule has 0 fully saturated rings. The number of aryl methyl sites for hydroxylation is 2. The van der Waals surface area contributed by atoms with Crippen molar-refractivity contribution in [2.24, 2.45) is 0 Å². The highest BCUT2D eigenvalue weighted by molar-refractivity contribution is 5.76. The second-order valence-corrected chi connectivity index (χ2v) is 9.35. The van der Waals surface area contributed by atoms with Crippen molar-refractivity contribution in [3.05, 3.63) is 133 Å². The summed E-state index contributed by atoms with van der Waals surface area (Å²) in [6.07, 6.45) is 3.60. The van der Waals surface area contributed by atoms with Crippen LogP contribution in [0.3, 0.4) is 0 Å². The Morgan fingerprint density at radius 1 is 0.368 bits per heavy atom. The summed E-state index contributed by atoms with van der Waals surface area (Å²) in [4.78, 5) is 18.3. The van der Waals surface area contributed by atoms with Gasteiger partial charge in [0.05, 0.1) is 22.8 Å². The van der Waals surface area contributed by atoms with E-state index < -0.39 is 0 Å². The number of benzene rings is 2. The Morgan fingerprint density at radius 3 is 1.08 bits per heavy atom. The number of pyridine rings is 4. The van der Waals surface area contributed by atoms with Crippen LogP contribution >= 0.6 is 0 Å². The second-order valence-electron chi connectivity index (χ2n) is 9.35. The van der Waals surface area contributed by atoms with Crippen molar-refractivity contribution < 1.29 is 0 Å². The minimum absolute atomic E-state index is 0.880. The summed E-state index contributed by atoms with van der Waals surface area (Å²) in [5.74, 6) is 0. The smallest absolute Gasteiger partial charge is 0.0895 e. The van der Waals surface area contributed by atoms with Gasteiger partial charge in [0.2, 0.25) is 0 Å². The topological polar surface area (TPSA) is 51.6 Å². The Labute approximate surface area is 222 Å². The van der Waals surface area contributed by atoms with Gasteiger partial charge in [-0.2, -0.15) is 0 Å². The molecule has 0 amide bonds. The van der Waals surface area contributed by atoms with Crippen LogP contribution in [0, 0.1) is 13.8 Å². The Bertz CT molecular complexity index is 1560. The van der Waals surface area contributed by atoms with Gasteiger partial charge < -0.3 is 0 Å². The third-order valence-electron chi connectivity index (χ3n) is 6.53. The third kappa shape index (κ3) is 4.97. The molecule has 0 aliphatic carbocycles. The zero-order valence-corrected chi connectivity index (χ0v) is 21.3. The van der Waals surface area contributed by atoms with E-state index in [0.717, 1.165) is 56.4 Å². The highest BCUT2D eigenvalue weighted by atomic mass is 14.8. The fourth-order valence-corrected chi connectivity index (χ4v) is 4.67. The first-order valence-electron chi connectivity index (χ1n) is 12.6. The van der Waals surface area contributed by atoms with Crippen LogP contribution in [0.5, 0.6) is 0 Å². The molecule has 0 bridgehead atoms. The Kier molecular flexibility index (Phi) is 6.29.